The van der Waals surface area contributed by atoms with E-state index >= 15 is 0 Å². The number of likely N-dealkylation sites (N-methyl/N-ethyl adjacent to an activating group) is 1. The summed E-state index contributed by atoms with van der Waals surface area (Å²) in [5.41, 5.74) is 7.03. The summed E-state index contributed by atoms with van der Waals surface area (Å²) in [6.07, 6.45) is 7.48. The predicted molar refractivity (Wildman–Crippen MR) is 78.9 cm³/mol. The summed E-state index contributed by atoms with van der Waals surface area (Å²) in [6, 6.07) is 3.63. The fourth-order valence-corrected chi connectivity index (χ4v) is 3.88. The molecule has 2 N–H and O–H groups in total. The molecule has 2 saturated carbocycles. The van der Waals surface area contributed by atoms with Gasteiger partial charge in [0.05, 0.1) is 18.3 Å². The van der Waals surface area contributed by atoms with Gasteiger partial charge in [0.15, 0.2) is 0 Å². The number of nitrogen functional groups attached to an aromatic ring is 1. The van der Waals surface area contributed by atoms with Crippen molar-refractivity contribution in [1.82, 2.24) is 9.88 Å². The van der Waals surface area contributed by atoms with Crippen LogP contribution < -0.4 is 5.73 Å². The van der Waals surface area contributed by atoms with Gasteiger partial charge in [-0.3, -0.25) is 9.78 Å². The van der Waals surface area contributed by atoms with Crippen LogP contribution in [0.15, 0.2) is 18.3 Å². The molecular formula is C16H23N3O. The molecule has 2 fully saturated rings. The summed E-state index contributed by atoms with van der Waals surface area (Å²) >= 11 is 0. The normalized spacial score (nSPS) is 27.8. The zero-order valence-electron chi connectivity index (χ0n) is 12.1. The van der Waals surface area contributed by atoms with E-state index in [1.54, 1.807) is 12.3 Å². The first kappa shape index (κ1) is 13.4. The molecule has 0 radical (unpaired) electrons. The van der Waals surface area contributed by atoms with Gasteiger partial charge in [-0.05, 0) is 49.1 Å². The highest BCUT2D eigenvalue weighted by atomic mass is 16.2. The van der Waals surface area contributed by atoms with Crippen molar-refractivity contribution in [3.05, 3.63) is 24.0 Å². The first-order chi connectivity index (χ1) is 9.61. The maximum absolute atomic E-state index is 12.2. The lowest BCUT2D eigenvalue weighted by Gasteiger charge is -2.27. The SMILES string of the molecule is CN(CC1CC2CCC1C2)C(=O)Cc1ccc(N)cn1. The lowest BCUT2D eigenvalue weighted by molar-refractivity contribution is -0.130. The molecule has 1 aromatic rings. The summed E-state index contributed by atoms with van der Waals surface area (Å²) in [5, 5.41) is 0. The molecule has 3 rings (SSSR count). The molecule has 0 spiro atoms. The van der Waals surface area contributed by atoms with Gasteiger partial charge in [0.1, 0.15) is 0 Å². The number of hydrogen-bond donors (Lipinski definition) is 1. The number of aromatic nitrogens is 1. The Morgan fingerprint density at radius 3 is 2.85 bits per heavy atom. The lowest BCUT2D eigenvalue weighted by Crippen LogP contribution is -2.34. The second kappa shape index (κ2) is 5.43. The standard InChI is InChI=1S/C16H23N3O/c1-19(10-13-7-11-2-3-12(13)6-11)16(20)8-15-5-4-14(17)9-18-15/h4-5,9,11-13H,2-3,6-8,10,17H2,1H3. The van der Waals surface area contributed by atoms with Gasteiger partial charge in [0.2, 0.25) is 5.91 Å². The molecule has 0 saturated heterocycles. The third-order valence-electron chi connectivity index (χ3n) is 5.00. The Bertz CT molecular complexity index is 485. The first-order valence-corrected chi connectivity index (χ1v) is 7.56. The number of nitrogens with zero attached hydrogens (tertiary/aromatic N) is 2. The van der Waals surface area contributed by atoms with Gasteiger partial charge in [-0.25, -0.2) is 0 Å². The van der Waals surface area contributed by atoms with Crippen molar-refractivity contribution >= 4 is 11.6 Å². The fraction of sp³-hybridized carbons (Fsp3) is 0.625. The van der Waals surface area contributed by atoms with Crippen molar-refractivity contribution < 1.29 is 4.79 Å². The maximum atomic E-state index is 12.2. The zero-order valence-corrected chi connectivity index (χ0v) is 12.1. The Balaban J connectivity index is 1.53. The summed E-state index contributed by atoms with van der Waals surface area (Å²) in [7, 11) is 1.92. The minimum atomic E-state index is 0.157. The average molecular weight is 273 g/mol. The quantitative estimate of drug-likeness (QED) is 0.914. The maximum Gasteiger partial charge on any atom is 0.228 e. The molecule has 0 aromatic carbocycles. The molecule has 1 aromatic heterocycles. The molecule has 2 bridgehead atoms. The minimum absolute atomic E-state index is 0.157. The van der Waals surface area contributed by atoms with Crippen molar-refractivity contribution in [3.8, 4) is 0 Å². The van der Waals surface area contributed by atoms with Crippen LogP contribution in [0.4, 0.5) is 5.69 Å². The summed E-state index contributed by atoms with van der Waals surface area (Å²) in [6.45, 7) is 0.912. The van der Waals surface area contributed by atoms with Gasteiger partial charge in [0.25, 0.3) is 0 Å². The van der Waals surface area contributed by atoms with Crippen molar-refractivity contribution in [1.29, 1.82) is 0 Å². The number of rotatable bonds is 4. The summed E-state index contributed by atoms with van der Waals surface area (Å²) in [4.78, 5) is 18.3. The highest BCUT2D eigenvalue weighted by molar-refractivity contribution is 5.78. The van der Waals surface area contributed by atoms with Crippen LogP contribution >= 0.6 is 0 Å². The van der Waals surface area contributed by atoms with E-state index in [-0.39, 0.29) is 5.91 Å². The molecule has 2 aliphatic carbocycles. The van der Waals surface area contributed by atoms with Gasteiger partial charge in [-0.15, -0.1) is 0 Å². The highest BCUT2D eigenvalue weighted by Crippen LogP contribution is 2.48. The fourth-order valence-electron chi connectivity index (χ4n) is 3.88. The van der Waals surface area contributed by atoms with Crippen LogP contribution in [0.25, 0.3) is 0 Å². The molecule has 1 amide bonds. The van der Waals surface area contributed by atoms with Gasteiger partial charge >= 0.3 is 0 Å². The van der Waals surface area contributed by atoms with Gasteiger partial charge < -0.3 is 10.6 Å². The Hall–Kier alpha value is -1.58. The van der Waals surface area contributed by atoms with Crippen LogP contribution in [0.5, 0.6) is 0 Å². The summed E-state index contributed by atoms with van der Waals surface area (Å²) < 4.78 is 0. The molecule has 1 heterocycles. The van der Waals surface area contributed by atoms with Crippen molar-refractivity contribution in [2.75, 3.05) is 19.3 Å². The monoisotopic (exact) mass is 273 g/mol. The second-order valence-corrected chi connectivity index (χ2v) is 6.47. The van der Waals surface area contributed by atoms with E-state index in [4.69, 9.17) is 5.73 Å². The molecule has 0 aliphatic heterocycles. The van der Waals surface area contributed by atoms with Gasteiger partial charge in [0, 0.05) is 19.3 Å². The molecule has 4 heteroatoms. The van der Waals surface area contributed by atoms with Crippen molar-refractivity contribution in [3.63, 3.8) is 0 Å². The van der Waals surface area contributed by atoms with Gasteiger partial charge in [-0.2, -0.15) is 0 Å². The van der Waals surface area contributed by atoms with Crippen molar-refractivity contribution in [2.24, 2.45) is 17.8 Å². The second-order valence-electron chi connectivity index (χ2n) is 6.47. The van der Waals surface area contributed by atoms with E-state index in [0.717, 1.165) is 30.0 Å². The van der Waals surface area contributed by atoms with Gasteiger partial charge in [-0.1, -0.05) is 6.42 Å². The number of fused-ring (bicyclic) bond motifs is 2. The number of nitrogens with two attached hydrogens (primary N) is 1. The molecule has 2 aliphatic rings. The Morgan fingerprint density at radius 1 is 1.40 bits per heavy atom. The number of pyridine rings is 1. The summed E-state index contributed by atoms with van der Waals surface area (Å²) in [5.74, 6) is 2.68. The third kappa shape index (κ3) is 2.79. The van der Waals surface area contributed by atoms with Crippen LogP contribution in [-0.2, 0) is 11.2 Å². The van der Waals surface area contributed by atoms with Crippen LogP contribution in [0, 0.1) is 17.8 Å². The van der Waals surface area contributed by atoms with E-state index in [2.05, 4.69) is 4.98 Å². The number of anilines is 1. The van der Waals surface area contributed by atoms with E-state index in [1.165, 1.54) is 25.7 Å². The van der Waals surface area contributed by atoms with E-state index < -0.39 is 0 Å². The Kier molecular flexibility index (Phi) is 3.64. The van der Waals surface area contributed by atoms with Crippen molar-refractivity contribution in [2.45, 2.75) is 32.1 Å². The molecular weight excluding hydrogens is 250 g/mol. The number of carbonyl (C=O) groups is 1. The van der Waals surface area contributed by atoms with E-state index in [1.807, 2.05) is 18.0 Å². The number of hydrogen-bond acceptors (Lipinski definition) is 3. The molecule has 20 heavy (non-hydrogen) atoms. The number of amides is 1. The molecule has 3 atom stereocenters. The van der Waals surface area contributed by atoms with E-state index in [0.29, 0.717) is 12.1 Å². The van der Waals surface area contributed by atoms with Crippen LogP contribution in [0.1, 0.15) is 31.4 Å². The largest absolute Gasteiger partial charge is 0.397 e. The van der Waals surface area contributed by atoms with Crippen LogP contribution in [0.3, 0.4) is 0 Å². The number of carbonyl (C=O) groups excluding carboxylic acids is 1. The smallest absolute Gasteiger partial charge is 0.228 e. The first-order valence-electron chi connectivity index (χ1n) is 7.56. The highest BCUT2D eigenvalue weighted by Gasteiger charge is 2.39. The van der Waals surface area contributed by atoms with Crippen LogP contribution in [-0.4, -0.2) is 29.4 Å². The zero-order chi connectivity index (χ0) is 14.1. The topological polar surface area (TPSA) is 59.2 Å². The Morgan fingerprint density at radius 2 is 2.25 bits per heavy atom. The predicted octanol–water partition coefficient (Wildman–Crippen LogP) is 2.10. The molecule has 3 unspecified atom stereocenters. The Labute approximate surface area is 120 Å². The van der Waals surface area contributed by atoms with Crippen LogP contribution in [0.2, 0.25) is 0 Å². The third-order valence-corrected chi connectivity index (χ3v) is 5.00. The average Bonchev–Trinajstić information content (AvgIpc) is 3.03. The molecule has 108 valence electrons. The van der Waals surface area contributed by atoms with E-state index in [9.17, 15) is 4.79 Å². The molecule has 4 nitrogen and oxygen atoms in total. The minimum Gasteiger partial charge on any atom is -0.397 e. The lowest BCUT2D eigenvalue weighted by atomic mass is 9.88.